The van der Waals surface area contributed by atoms with E-state index < -0.39 is 24.3 Å². The van der Waals surface area contributed by atoms with Crippen molar-refractivity contribution in [1.82, 2.24) is 0 Å². The van der Waals surface area contributed by atoms with E-state index in [-0.39, 0.29) is 23.7 Å². The van der Waals surface area contributed by atoms with Gasteiger partial charge in [0.1, 0.15) is 29.6 Å². The van der Waals surface area contributed by atoms with E-state index in [0.29, 0.717) is 5.69 Å². The van der Waals surface area contributed by atoms with E-state index in [9.17, 15) is 18.4 Å². The van der Waals surface area contributed by atoms with E-state index in [0.717, 1.165) is 5.56 Å². The maximum atomic E-state index is 13.0. The zero-order valence-electron chi connectivity index (χ0n) is 15.2. The van der Waals surface area contributed by atoms with Crippen LogP contribution in [0.15, 0.2) is 72.8 Å². The summed E-state index contributed by atoms with van der Waals surface area (Å²) in [6.07, 6.45) is 0. The molecule has 0 atom stereocenters. The summed E-state index contributed by atoms with van der Waals surface area (Å²) in [5.41, 5.74) is 1.27. The van der Waals surface area contributed by atoms with Crippen LogP contribution in [0.5, 0.6) is 5.75 Å². The molecular weight excluding hydrogens is 380 g/mol. The largest absolute Gasteiger partial charge is 0.488 e. The van der Waals surface area contributed by atoms with E-state index in [1.54, 1.807) is 30.3 Å². The van der Waals surface area contributed by atoms with Crippen LogP contribution in [0.2, 0.25) is 0 Å². The number of nitrogens with one attached hydrogen (secondary N) is 1. The molecule has 5 nitrogen and oxygen atoms in total. The maximum Gasteiger partial charge on any atom is 0.342 e. The highest BCUT2D eigenvalue weighted by Crippen LogP contribution is 2.20. The van der Waals surface area contributed by atoms with Crippen molar-refractivity contribution in [2.24, 2.45) is 0 Å². The summed E-state index contributed by atoms with van der Waals surface area (Å²) in [6.45, 7) is -0.377. The molecule has 0 unspecified atom stereocenters. The second kappa shape index (κ2) is 9.45. The van der Waals surface area contributed by atoms with Gasteiger partial charge in [-0.05, 0) is 54.1 Å². The Kier molecular flexibility index (Phi) is 6.52. The molecular formula is C22H17F2NO4. The van der Waals surface area contributed by atoms with Gasteiger partial charge in [-0.15, -0.1) is 0 Å². The van der Waals surface area contributed by atoms with E-state index in [2.05, 4.69) is 5.32 Å². The van der Waals surface area contributed by atoms with E-state index in [4.69, 9.17) is 9.47 Å². The predicted molar refractivity (Wildman–Crippen MR) is 102 cm³/mol. The second-order valence-electron chi connectivity index (χ2n) is 6.04. The molecule has 0 fully saturated rings. The fraction of sp³-hybridized carbons (Fsp3) is 0.0909. The van der Waals surface area contributed by atoms with Crippen LogP contribution >= 0.6 is 0 Å². The fourth-order valence-electron chi connectivity index (χ4n) is 2.44. The summed E-state index contributed by atoms with van der Waals surface area (Å²) < 4.78 is 36.5. The number of benzene rings is 3. The summed E-state index contributed by atoms with van der Waals surface area (Å²) in [7, 11) is 0. The Morgan fingerprint density at radius 1 is 0.828 bits per heavy atom. The number of rotatable bonds is 7. The van der Waals surface area contributed by atoms with Crippen LogP contribution in [-0.4, -0.2) is 18.5 Å². The van der Waals surface area contributed by atoms with Crippen LogP contribution in [0.3, 0.4) is 0 Å². The Bertz CT molecular complexity index is 988. The molecule has 0 heterocycles. The predicted octanol–water partition coefficient (Wildman–Crippen LogP) is 4.34. The molecule has 1 N–H and O–H groups in total. The molecule has 29 heavy (non-hydrogen) atoms. The molecule has 3 rings (SSSR count). The summed E-state index contributed by atoms with van der Waals surface area (Å²) in [5.74, 6) is -1.78. The summed E-state index contributed by atoms with van der Waals surface area (Å²) >= 11 is 0. The smallest absolute Gasteiger partial charge is 0.342 e. The molecule has 1 amide bonds. The monoisotopic (exact) mass is 397 g/mol. The Hall–Kier alpha value is -3.74. The van der Waals surface area contributed by atoms with Gasteiger partial charge in [0.2, 0.25) is 0 Å². The average molecular weight is 397 g/mol. The van der Waals surface area contributed by atoms with Crippen LogP contribution < -0.4 is 10.1 Å². The first-order valence-corrected chi connectivity index (χ1v) is 8.70. The summed E-state index contributed by atoms with van der Waals surface area (Å²) in [6, 6.07) is 17.4. The zero-order chi connectivity index (χ0) is 20.6. The molecule has 0 saturated heterocycles. The lowest BCUT2D eigenvalue weighted by Gasteiger charge is -2.11. The number of hydrogen-bond acceptors (Lipinski definition) is 4. The first-order chi connectivity index (χ1) is 14.0. The van der Waals surface area contributed by atoms with Crippen molar-refractivity contribution in [1.29, 1.82) is 0 Å². The van der Waals surface area contributed by atoms with Gasteiger partial charge in [0.25, 0.3) is 5.91 Å². The zero-order valence-corrected chi connectivity index (χ0v) is 15.2. The number of anilines is 1. The second-order valence-corrected chi connectivity index (χ2v) is 6.04. The summed E-state index contributed by atoms with van der Waals surface area (Å²) in [4.78, 5) is 24.3. The topological polar surface area (TPSA) is 64.6 Å². The van der Waals surface area contributed by atoms with Gasteiger partial charge in [-0.3, -0.25) is 4.79 Å². The average Bonchev–Trinajstić information content (AvgIpc) is 2.73. The van der Waals surface area contributed by atoms with E-state index >= 15 is 0 Å². The lowest BCUT2D eigenvalue weighted by Crippen LogP contribution is -2.21. The number of esters is 1. The van der Waals surface area contributed by atoms with Crippen molar-refractivity contribution in [3.05, 3.63) is 95.6 Å². The molecule has 0 radical (unpaired) electrons. The molecule has 148 valence electrons. The third-order valence-corrected chi connectivity index (χ3v) is 3.88. The minimum Gasteiger partial charge on any atom is -0.488 e. The highest BCUT2D eigenvalue weighted by atomic mass is 19.1. The van der Waals surface area contributed by atoms with Gasteiger partial charge >= 0.3 is 5.97 Å². The van der Waals surface area contributed by atoms with Gasteiger partial charge in [0.05, 0.1) is 0 Å². The number of halogens is 2. The van der Waals surface area contributed by atoms with E-state index in [1.165, 1.54) is 42.5 Å². The Balaban J connectivity index is 1.56. The fourth-order valence-corrected chi connectivity index (χ4v) is 2.44. The van der Waals surface area contributed by atoms with Gasteiger partial charge in [-0.1, -0.05) is 24.3 Å². The quantitative estimate of drug-likeness (QED) is 0.603. The van der Waals surface area contributed by atoms with Crippen molar-refractivity contribution >= 4 is 17.6 Å². The first kappa shape index (κ1) is 20.0. The van der Waals surface area contributed by atoms with Gasteiger partial charge in [-0.25, -0.2) is 13.6 Å². The van der Waals surface area contributed by atoms with Crippen LogP contribution in [0.1, 0.15) is 15.9 Å². The molecule has 7 heteroatoms. The standard InChI is InChI=1S/C22H17F2NO4/c23-16-7-5-15(6-8-16)13-28-20-4-2-1-3-19(20)22(27)29-14-21(26)25-18-11-9-17(24)10-12-18/h1-12H,13-14H2,(H,25,26). The van der Waals surface area contributed by atoms with Gasteiger partial charge < -0.3 is 14.8 Å². The van der Waals surface area contributed by atoms with Crippen molar-refractivity contribution in [2.75, 3.05) is 11.9 Å². The number of ether oxygens (including phenoxy) is 2. The van der Waals surface area contributed by atoms with Crippen LogP contribution in [-0.2, 0) is 16.1 Å². The number of carbonyl (C=O) groups excluding carboxylic acids is 2. The van der Waals surface area contributed by atoms with Crippen molar-refractivity contribution in [2.45, 2.75) is 6.61 Å². The molecule has 0 aliphatic heterocycles. The Morgan fingerprint density at radius 2 is 1.45 bits per heavy atom. The highest BCUT2D eigenvalue weighted by Gasteiger charge is 2.15. The van der Waals surface area contributed by atoms with Gasteiger partial charge in [-0.2, -0.15) is 0 Å². The highest BCUT2D eigenvalue weighted by molar-refractivity contribution is 5.96. The lowest BCUT2D eigenvalue weighted by atomic mass is 10.2. The number of hydrogen-bond donors (Lipinski definition) is 1. The first-order valence-electron chi connectivity index (χ1n) is 8.70. The number of amides is 1. The number of para-hydroxylation sites is 1. The van der Waals surface area contributed by atoms with Crippen LogP contribution in [0.25, 0.3) is 0 Å². The van der Waals surface area contributed by atoms with Crippen LogP contribution in [0, 0.1) is 11.6 Å². The maximum absolute atomic E-state index is 13.0. The SMILES string of the molecule is O=C(COC(=O)c1ccccc1OCc1ccc(F)cc1)Nc1ccc(F)cc1. The summed E-state index contributed by atoms with van der Waals surface area (Å²) in [5, 5.41) is 2.50. The molecule has 3 aromatic carbocycles. The normalized spacial score (nSPS) is 10.3. The lowest BCUT2D eigenvalue weighted by molar-refractivity contribution is -0.119. The Morgan fingerprint density at radius 3 is 2.14 bits per heavy atom. The molecule has 0 saturated carbocycles. The van der Waals surface area contributed by atoms with Crippen molar-refractivity contribution in [3.63, 3.8) is 0 Å². The van der Waals surface area contributed by atoms with E-state index in [1.807, 2.05) is 0 Å². The van der Waals surface area contributed by atoms with Gasteiger partial charge in [0, 0.05) is 5.69 Å². The molecule has 0 spiro atoms. The third kappa shape index (κ3) is 5.87. The molecule has 0 aromatic heterocycles. The minimum absolute atomic E-state index is 0.135. The van der Waals surface area contributed by atoms with Crippen LogP contribution in [0.4, 0.5) is 14.5 Å². The molecule has 0 aliphatic rings. The molecule has 0 aliphatic carbocycles. The number of carbonyl (C=O) groups is 2. The van der Waals surface area contributed by atoms with Crippen molar-refractivity contribution < 1.29 is 27.8 Å². The van der Waals surface area contributed by atoms with Gasteiger partial charge in [0.15, 0.2) is 6.61 Å². The Labute approximate surface area is 165 Å². The minimum atomic E-state index is -0.728. The molecule has 0 bridgehead atoms. The third-order valence-electron chi connectivity index (χ3n) is 3.88. The van der Waals surface area contributed by atoms with Crippen molar-refractivity contribution in [3.8, 4) is 5.75 Å². The molecule has 3 aromatic rings.